The molecule has 2 aromatic carbocycles. The zero-order valence-electron chi connectivity index (χ0n) is 17.5. The van der Waals surface area contributed by atoms with Gasteiger partial charge in [-0.15, -0.1) is 4.40 Å². The number of hydrogen-bond acceptors (Lipinski definition) is 6. The van der Waals surface area contributed by atoms with Crippen LogP contribution >= 0.6 is 0 Å². The molecule has 0 unspecified atom stereocenters. The number of allylic oxidation sites excluding steroid dienone is 1. The molecule has 0 radical (unpaired) electrons. The molecule has 1 fully saturated rings. The fourth-order valence-electron chi connectivity index (χ4n) is 3.91. The molecular formula is C22H22N4O5S. The van der Waals surface area contributed by atoms with E-state index in [-0.39, 0.29) is 24.1 Å². The minimum atomic E-state index is -4.04. The van der Waals surface area contributed by atoms with Crippen molar-refractivity contribution < 1.29 is 22.7 Å². The van der Waals surface area contributed by atoms with E-state index in [9.17, 15) is 13.2 Å². The quantitative estimate of drug-likeness (QED) is 0.700. The molecule has 166 valence electrons. The van der Waals surface area contributed by atoms with Gasteiger partial charge in [0.05, 0.1) is 5.71 Å². The van der Waals surface area contributed by atoms with Crippen molar-refractivity contribution >= 4 is 27.5 Å². The van der Waals surface area contributed by atoms with E-state index < -0.39 is 10.2 Å². The zero-order valence-corrected chi connectivity index (χ0v) is 18.3. The summed E-state index contributed by atoms with van der Waals surface area (Å²) in [4.78, 5) is 17.2. The summed E-state index contributed by atoms with van der Waals surface area (Å²) < 4.78 is 40.9. The number of fused-ring (bicyclic) bond motifs is 1. The van der Waals surface area contributed by atoms with Gasteiger partial charge >= 0.3 is 10.2 Å². The molecule has 0 aliphatic carbocycles. The van der Waals surface area contributed by atoms with Crippen molar-refractivity contribution in [3.8, 4) is 11.5 Å². The summed E-state index contributed by atoms with van der Waals surface area (Å²) in [6.07, 6.45) is 1.52. The van der Waals surface area contributed by atoms with Gasteiger partial charge < -0.3 is 19.3 Å². The van der Waals surface area contributed by atoms with E-state index in [1.807, 2.05) is 30.3 Å². The normalized spacial score (nSPS) is 19.5. The highest BCUT2D eigenvalue weighted by Gasteiger charge is 2.34. The predicted octanol–water partition coefficient (Wildman–Crippen LogP) is 1.63. The van der Waals surface area contributed by atoms with E-state index in [0.29, 0.717) is 43.2 Å². The van der Waals surface area contributed by atoms with Crippen LogP contribution in [-0.4, -0.2) is 69.3 Å². The Morgan fingerprint density at radius 3 is 2.44 bits per heavy atom. The van der Waals surface area contributed by atoms with Gasteiger partial charge in [0.2, 0.25) is 6.79 Å². The van der Waals surface area contributed by atoms with E-state index in [4.69, 9.17) is 9.47 Å². The molecule has 5 rings (SSSR count). The Balaban J connectivity index is 1.38. The number of carbonyl (C=O) groups excluding carboxylic acids is 1. The maximum atomic E-state index is 13.3. The van der Waals surface area contributed by atoms with Crippen LogP contribution in [-0.2, 0) is 15.0 Å². The van der Waals surface area contributed by atoms with Crippen LogP contribution < -0.4 is 14.4 Å². The van der Waals surface area contributed by atoms with Gasteiger partial charge in [-0.3, -0.25) is 4.79 Å². The second-order valence-electron chi connectivity index (χ2n) is 7.63. The molecule has 32 heavy (non-hydrogen) atoms. The van der Waals surface area contributed by atoms with Crippen LogP contribution in [0.2, 0.25) is 0 Å². The molecule has 0 atom stereocenters. The van der Waals surface area contributed by atoms with Crippen LogP contribution in [0.1, 0.15) is 5.56 Å². The molecule has 1 amide bonds. The van der Waals surface area contributed by atoms with Gasteiger partial charge in [-0.2, -0.15) is 8.42 Å². The minimum absolute atomic E-state index is 0.0702. The highest BCUT2D eigenvalue weighted by Crippen LogP contribution is 2.33. The molecular weight excluding hydrogens is 432 g/mol. The van der Waals surface area contributed by atoms with Crippen molar-refractivity contribution in [3.63, 3.8) is 0 Å². The van der Waals surface area contributed by atoms with Crippen molar-refractivity contribution in [2.45, 2.75) is 0 Å². The standard InChI is InChI=1S/C22H22N4O5S/c1-24-19(22(27)26-11-9-25(10-12-26)17-5-3-2-4-6-17)14-18(23-32(24,28)29)16-7-8-20-21(13-16)31-15-30-20/h2-8,13-14H,9-12,15H2,1H3. The van der Waals surface area contributed by atoms with E-state index in [2.05, 4.69) is 9.30 Å². The first-order valence-electron chi connectivity index (χ1n) is 10.2. The third-order valence-corrected chi connectivity index (χ3v) is 7.06. The molecule has 0 spiro atoms. The summed E-state index contributed by atoms with van der Waals surface area (Å²) in [7, 11) is -2.69. The maximum absolute atomic E-state index is 13.3. The monoisotopic (exact) mass is 454 g/mol. The molecule has 1 saturated heterocycles. The van der Waals surface area contributed by atoms with Gasteiger partial charge in [0, 0.05) is 44.5 Å². The number of hydrogen-bond donors (Lipinski definition) is 0. The number of nitrogens with zero attached hydrogens (tertiary/aromatic N) is 4. The fourth-order valence-corrected chi connectivity index (χ4v) is 4.82. The van der Waals surface area contributed by atoms with Gasteiger partial charge in [-0.1, -0.05) is 18.2 Å². The maximum Gasteiger partial charge on any atom is 0.345 e. The van der Waals surface area contributed by atoms with Crippen LogP contribution in [0.5, 0.6) is 11.5 Å². The van der Waals surface area contributed by atoms with E-state index >= 15 is 0 Å². The molecule has 10 heteroatoms. The van der Waals surface area contributed by atoms with Crippen molar-refractivity contribution in [1.82, 2.24) is 9.21 Å². The molecule has 3 aliphatic heterocycles. The lowest BCUT2D eigenvalue weighted by Gasteiger charge is -2.37. The smallest absolute Gasteiger partial charge is 0.345 e. The molecule has 0 aromatic heterocycles. The van der Waals surface area contributed by atoms with Crippen LogP contribution in [0.4, 0.5) is 5.69 Å². The van der Waals surface area contributed by atoms with Crippen molar-refractivity contribution in [2.75, 3.05) is 44.9 Å². The van der Waals surface area contributed by atoms with Crippen molar-refractivity contribution in [1.29, 1.82) is 0 Å². The number of piperazine rings is 1. The molecule has 3 heterocycles. The summed E-state index contributed by atoms with van der Waals surface area (Å²) in [6.45, 7) is 2.44. The lowest BCUT2D eigenvalue weighted by molar-refractivity contribution is -0.128. The Kier molecular flexibility index (Phi) is 5.01. The average molecular weight is 455 g/mol. The predicted molar refractivity (Wildman–Crippen MR) is 119 cm³/mol. The minimum Gasteiger partial charge on any atom is -0.454 e. The number of para-hydroxylation sites is 1. The lowest BCUT2D eigenvalue weighted by atomic mass is 10.1. The first kappa shape index (κ1) is 20.4. The number of likely N-dealkylation sites (N-methyl/N-ethyl adjacent to an activating group) is 1. The Morgan fingerprint density at radius 1 is 0.969 bits per heavy atom. The highest BCUT2D eigenvalue weighted by molar-refractivity contribution is 7.88. The topological polar surface area (TPSA) is 91.8 Å². The summed E-state index contributed by atoms with van der Waals surface area (Å²) in [5.74, 6) is 0.762. The first-order chi connectivity index (χ1) is 15.4. The van der Waals surface area contributed by atoms with Crippen molar-refractivity contribution in [3.05, 3.63) is 65.9 Å². The van der Waals surface area contributed by atoms with E-state index in [0.717, 1.165) is 9.99 Å². The third kappa shape index (κ3) is 3.66. The SMILES string of the molecule is CN1C(C(=O)N2CCN(c3ccccc3)CC2)=CC(c2ccc3c(c2)OCO3)=NS1(=O)=O. The lowest BCUT2D eigenvalue weighted by Crippen LogP contribution is -2.51. The van der Waals surface area contributed by atoms with Gasteiger partial charge in [-0.25, -0.2) is 4.31 Å². The van der Waals surface area contributed by atoms with Gasteiger partial charge in [-0.05, 0) is 36.4 Å². The number of rotatable bonds is 3. The summed E-state index contributed by atoms with van der Waals surface area (Å²) in [6, 6.07) is 15.1. The summed E-state index contributed by atoms with van der Waals surface area (Å²) in [5, 5.41) is 0. The molecule has 0 saturated carbocycles. The number of amides is 1. The summed E-state index contributed by atoms with van der Waals surface area (Å²) >= 11 is 0. The van der Waals surface area contributed by atoms with Crippen LogP contribution in [0.25, 0.3) is 0 Å². The second-order valence-corrected chi connectivity index (χ2v) is 9.26. The number of anilines is 1. The van der Waals surface area contributed by atoms with Gasteiger partial charge in [0.15, 0.2) is 11.5 Å². The second kappa shape index (κ2) is 7.86. The molecule has 2 aromatic rings. The average Bonchev–Trinajstić information content (AvgIpc) is 3.29. The molecule has 9 nitrogen and oxygen atoms in total. The molecule has 3 aliphatic rings. The van der Waals surface area contributed by atoms with Crippen LogP contribution in [0.15, 0.2) is 64.7 Å². The molecule has 0 bridgehead atoms. The zero-order chi connectivity index (χ0) is 22.3. The van der Waals surface area contributed by atoms with Crippen LogP contribution in [0.3, 0.4) is 0 Å². The Hall–Kier alpha value is -3.53. The fraction of sp³-hybridized carbons (Fsp3) is 0.273. The molecule has 0 N–H and O–H groups in total. The third-order valence-electron chi connectivity index (χ3n) is 5.75. The Labute approximate surface area is 186 Å². The van der Waals surface area contributed by atoms with E-state index in [1.54, 1.807) is 23.1 Å². The Bertz CT molecular complexity index is 1220. The number of ether oxygens (including phenoxy) is 2. The van der Waals surface area contributed by atoms with E-state index in [1.165, 1.54) is 13.1 Å². The first-order valence-corrected chi connectivity index (χ1v) is 11.6. The number of carbonyl (C=O) groups is 1. The van der Waals surface area contributed by atoms with Gasteiger partial charge in [0.1, 0.15) is 5.70 Å². The van der Waals surface area contributed by atoms with Gasteiger partial charge in [0.25, 0.3) is 5.91 Å². The number of benzene rings is 2. The summed E-state index contributed by atoms with van der Waals surface area (Å²) in [5.41, 5.74) is 1.90. The highest BCUT2D eigenvalue weighted by atomic mass is 32.2. The van der Waals surface area contributed by atoms with Crippen LogP contribution in [0, 0.1) is 0 Å². The van der Waals surface area contributed by atoms with Crippen molar-refractivity contribution in [2.24, 2.45) is 4.40 Å². The Morgan fingerprint density at radius 2 is 1.69 bits per heavy atom. The largest absolute Gasteiger partial charge is 0.454 e.